The second-order valence-corrected chi connectivity index (χ2v) is 19.2. The normalized spacial score (nSPS) is 15.1. The summed E-state index contributed by atoms with van der Waals surface area (Å²) in [6, 6.07) is 75.1. The molecule has 0 heterocycles. The van der Waals surface area contributed by atoms with Gasteiger partial charge in [-0.25, -0.2) is 0 Å². The standard InChI is InChI=1S/C62H58N2/c1-60(2,3)53-29-33-56(34-30-53)63-62(55-27-21-49(22-28-55)45-13-9-7-10-14-45)43-41-52(42-44-62)48-19-17-47(18-20-48)51-25-37-58(38-26-51)64(59-39-31-54(32-40-59)61(4,5)6)57-35-23-50(24-36-57)46-15-11-8-12-16-46/h7-43,63H,44H2,1-6H3. The lowest BCUT2D eigenvalue weighted by molar-refractivity contribution is 0.589. The molecule has 2 heteroatoms. The molecule has 0 saturated carbocycles. The molecule has 0 spiro atoms. The summed E-state index contributed by atoms with van der Waals surface area (Å²) in [5.41, 5.74) is 17.8. The molecule has 1 aliphatic carbocycles. The second kappa shape index (κ2) is 17.5. The first-order valence-corrected chi connectivity index (χ1v) is 22.6. The molecule has 1 aliphatic rings. The van der Waals surface area contributed by atoms with Crippen LogP contribution >= 0.6 is 0 Å². The summed E-state index contributed by atoms with van der Waals surface area (Å²) < 4.78 is 0. The Balaban J connectivity index is 0.962. The van der Waals surface area contributed by atoms with Crippen molar-refractivity contribution in [2.75, 3.05) is 10.2 Å². The summed E-state index contributed by atoms with van der Waals surface area (Å²) in [5.74, 6) is 0. The van der Waals surface area contributed by atoms with Crippen molar-refractivity contribution in [1.82, 2.24) is 0 Å². The van der Waals surface area contributed by atoms with Crippen LogP contribution in [0.2, 0.25) is 0 Å². The maximum atomic E-state index is 3.97. The zero-order chi connectivity index (χ0) is 44.3. The van der Waals surface area contributed by atoms with Gasteiger partial charge < -0.3 is 10.2 Å². The lowest BCUT2D eigenvalue weighted by atomic mass is 9.80. The largest absolute Gasteiger partial charge is 0.372 e. The average molecular weight is 831 g/mol. The Kier molecular flexibility index (Phi) is 11.6. The van der Waals surface area contributed by atoms with E-state index in [0.29, 0.717) is 0 Å². The van der Waals surface area contributed by atoms with Crippen molar-refractivity contribution in [3.63, 3.8) is 0 Å². The van der Waals surface area contributed by atoms with Gasteiger partial charge in [0.15, 0.2) is 0 Å². The van der Waals surface area contributed by atoms with Crippen LogP contribution in [0.25, 0.3) is 39.0 Å². The van der Waals surface area contributed by atoms with Gasteiger partial charge in [0, 0.05) is 22.7 Å². The Morgan fingerprint density at radius 2 is 0.750 bits per heavy atom. The highest BCUT2D eigenvalue weighted by Gasteiger charge is 2.31. The molecule has 0 radical (unpaired) electrons. The number of benzene rings is 8. The Labute approximate surface area is 381 Å². The fourth-order valence-corrected chi connectivity index (χ4v) is 8.78. The number of allylic oxidation sites excluding steroid dienone is 2. The van der Waals surface area contributed by atoms with E-state index < -0.39 is 5.54 Å². The molecular weight excluding hydrogens is 773 g/mol. The highest BCUT2D eigenvalue weighted by atomic mass is 15.1. The number of anilines is 4. The maximum absolute atomic E-state index is 3.97. The molecule has 0 bridgehead atoms. The van der Waals surface area contributed by atoms with Crippen LogP contribution in [-0.4, -0.2) is 0 Å². The van der Waals surface area contributed by atoms with Crippen LogP contribution in [0.15, 0.2) is 224 Å². The maximum Gasteiger partial charge on any atom is 0.0847 e. The van der Waals surface area contributed by atoms with Crippen molar-refractivity contribution in [2.45, 2.75) is 64.3 Å². The number of rotatable bonds is 10. The highest BCUT2D eigenvalue weighted by molar-refractivity contribution is 5.81. The Morgan fingerprint density at radius 1 is 0.391 bits per heavy atom. The molecule has 2 nitrogen and oxygen atoms in total. The van der Waals surface area contributed by atoms with Crippen LogP contribution in [-0.2, 0) is 16.4 Å². The first kappa shape index (κ1) is 42.2. The number of nitrogens with one attached hydrogen (secondary N) is 1. The molecule has 0 fully saturated rings. The summed E-state index contributed by atoms with van der Waals surface area (Å²) in [6.45, 7) is 13.6. The van der Waals surface area contributed by atoms with E-state index in [9.17, 15) is 0 Å². The molecule has 0 amide bonds. The van der Waals surface area contributed by atoms with Gasteiger partial charge >= 0.3 is 0 Å². The van der Waals surface area contributed by atoms with Crippen molar-refractivity contribution >= 4 is 28.3 Å². The van der Waals surface area contributed by atoms with Gasteiger partial charge in [0.05, 0.1) is 5.54 Å². The predicted molar refractivity (Wildman–Crippen MR) is 275 cm³/mol. The Bertz CT molecular complexity index is 2860. The number of hydrogen-bond donors (Lipinski definition) is 1. The zero-order valence-electron chi connectivity index (χ0n) is 38.0. The van der Waals surface area contributed by atoms with E-state index in [4.69, 9.17) is 0 Å². The smallest absolute Gasteiger partial charge is 0.0847 e. The summed E-state index contributed by atoms with van der Waals surface area (Å²) in [6.07, 6.45) is 7.87. The fourth-order valence-electron chi connectivity index (χ4n) is 8.78. The molecule has 1 N–H and O–H groups in total. The average Bonchev–Trinajstić information content (AvgIpc) is 3.33. The van der Waals surface area contributed by atoms with Gasteiger partial charge in [0.2, 0.25) is 0 Å². The predicted octanol–water partition coefficient (Wildman–Crippen LogP) is 17.1. The molecule has 1 unspecified atom stereocenters. The van der Waals surface area contributed by atoms with Crippen LogP contribution < -0.4 is 10.2 Å². The Hall–Kier alpha value is -7.16. The van der Waals surface area contributed by atoms with Crippen LogP contribution in [0, 0.1) is 0 Å². The van der Waals surface area contributed by atoms with E-state index >= 15 is 0 Å². The fraction of sp³-hybridized carbons (Fsp3) is 0.161. The van der Waals surface area contributed by atoms with E-state index in [1.165, 1.54) is 61.2 Å². The van der Waals surface area contributed by atoms with E-state index in [-0.39, 0.29) is 10.8 Å². The van der Waals surface area contributed by atoms with Gasteiger partial charge in [-0.1, -0.05) is 217 Å². The van der Waals surface area contributed by atoms with Gasteiger partial charge in [-0.05, 0) is 127 Å². The van der Waals surface area contributed by atoms with Crippen LogP contribution in [0.5, 0.6) is 0 Å². The van der Waals surface area contributed by atoms with Crippen molar-refractivity contribution in [3.8, 4) is 33.4 Å². The minimum absolute atomic E-state index is 0.0821. The minimum Gasteiger partial charge on any atom is -0.372 e. The third kappa shape index (κ3) is 9.15. The number of nitrogens with zero attached hydrogens (tertiary/aromatic N) is 1. The first-order chi connectivity index (χ1) is 30.9. The van der Waals surface area contributed by atoms with Crippen LogP contribution in [0.3, 0.4) is 0 Å². The van der Waals surface area contributed by atoms with Crippen molar-refractivity contribution < 1.29 is 0 Å². The van der Waals surface area contributed by atoms with E-state index in [1.807, 2.05) is 0 Å². The SMILES string of the molecule is CC(C)(C)c1ccc(NC2(c3ccc(-c4ccccc4)cc3)C=CC(c3ccc(-c4ccc(N(c5ccc(-c6ccccc6)cc5)c5ccc(C(C)(C)C)cc5)cc4)cc3)=CC2)cc1. The second-order valence-electron chi connectivity index (χ2n) is 19.2. The summed E-state index contributed by atoms with van der Waals surface area (Å²) in [4.78, 5) is 2.35. The molecule has 8 aromatic carbocycles. The van der Waals surface area contributed by atoms with Gasteiger partial charge in [-0.2, -0.15) is 0 Å². The topological polar surface area (TPSA) is 15.3 Å². The first-order valence-electron chi connectivity index (χ1n) is 22.6. The number of hydrogen-bond acceptors (Lipinski definition) is 2. The highest BCUT2D eigenvalue weighted by Crippen LogP contribution is 2.41. The van der Waals surface area contributed by atoms with Crippen molar-refractivity contribution in [2.24, 2.45) is 0 Å². The lowest BCUT2D eigenvalue weighted by Gasteiger charge is -2.35. The van der Waals surface area contributed by atoms with Crippen LogP contribution in [0.4, 0.5) is 22.7 Å². The summed E-state index contributed by atoms with van der Waals surface area (Å²) in [7, 11) is 0. The van der Waals surface area contributed by atoms with E-state index in [1.54, 1.807) is 0 Å². The molecule has 1 atom stereocenters. The molecule has 316 valence electrons. The van der Waals surface area contributed by atoms with Gasteiger partial charge in [0.1, 0.15) is 0 Å². The lowest BCUT2D eigenvalue weighted by Crippen LogP contribution is -2.34. The third-order valence-corrected chi connectivity index (χ3v) is 12.7. The quantitative estimate of drug-likeness (QED) is 0.148. The monoisotopic (exact) mass is 830 g/mol. The summed E-state index contributed by atoms with van der Waals surface area (Å²) in [5, 5.41) is 3.97. The molecular formula is C62H58N2. The Morgan fingerprint density at radius 3 is 1.16 bits per heavy atom. The molecule has 64 heavy (non-hydrogen) atoms. The van der Waals surface area contributed by atoms with E-state index in [2.05, 4.69) is 276 Å². The zero-order valence-corrected chi connectivity index (χ0v) is 38.0. The van der Waals surface area contributed by atoms with Crippen molar-refractivity contribution in [1.29, 1.82) is 0 Å². The minimum atomic E-state index is -0.393. The molecule has 8 aromatic rings. The van der Waals surface area contributed by atoms with Crippen molar-refractivity contribution in [3.05, 3.63) is 247 Å². The van der Waals surface area contributed by atoms with Gasteiger partial charge in [-0.15, -0.1) is 0 Å². The van der Waals surface area contributed by atoms with E-state index in [0.717, 1.165) is 29.2 Å². The molecule has 0 aromatic heterocycles. The molecule has 0 saturated heterocycles. The molecule has 0 aliphatic heterocycles. The van der Waals surface area contributed by atoms with Gasteiger partial charge in [0.25, 0.3) is 0 Å². The van der Waals surface area contributed by atoms with Crippen LogP contribution in [0.1, 0.15) is 70.2 Å². The van der Waals surface area contributed by atoms with Gasteiger partial charge in [-0.3, -0.25) is 0 Å². The third-order valence-electron chi connectivity index (χ3n) is 12.7. The molecule has 9 rings (SSSR count). The summed E-state index contributed by atoms with van der Waals surface area (Å²) >= 11 is 0.